The Balaban J connectivity index is 1.88. The van der Waals surface area contributed by atoms with E-state index >= 15 is 0 Å². The van der Waals surface area contributed by atoms with E-state index in [4.69, 9.17) is 18.0 Å². The van der Waals surface area contributed by atoms with Crippen LogP contribution in [0.1, 0.15) is 93.4 Å². The van der Waals surface area contributed by atoms with Crippen LogP contribution in [0.3, 0.4) is 0 Å². The molecular formula is C39H56O7Si3. The second-order valence-corrected chi connectivity index (χ2v) is 31.6. The average Bonchev–Trinajstić information content (AvgIpc) is 2.95. The van der Waals surface area contributed by atoms with Gasteiger partial charge in [0.1, 0.15) is 11.5 Å². The van der Waals surface area contributed by atoms with Crippen LogP contribution in [-0.4, -0.2) is 42.9 Å². The summed E-state index contributed by atoms with van der Waals surface area (Å²) in [6.45, 7) is 31.2. The fraction of sp³-hybridized carbons (Fsp3) is 0.462. The van der Waals surface area contributed by atoms with Crippen LogP contribution in [0.15, 0.2) is 66.7 Å². The smallest absolute Gasteiger partial charge is 0.343 e. The molecule has 0 radical (unpaired) electrons. The molecule has 0 atom stereocenters. The van der Waals surface area contributed by atoms with E-state index in [-0.39, 0.29) is 32.0 Å². The normalized spacial score (nSPS) is 13.0. The Bertz CT molecular complexity index is 1610. The highest BCUT2D eigenvalue weighted by Crippen LogP contribution is 2.40. The van der Waals surface area contributed by atoms with Crippen molar-refractivity contribution in [1.82, 2.24) is 0 Å². The molecule has 0 heterocycles. The Kier molecular flexibility index (Phi) is 11.4. The third-order valence-electron chi connectivity index (χ3n) is 10.4. The fourth-order valence-electron chi connectivity index (χ4n) is 3.91. The van der Waals surface area contributed by atoms with E-state index in [1.807, 2.05) is 104 Å². The van der Waals surface area contributed by atoms with Gasteiger partial charge >= 0.3 is 17.9 Å². The molecule has 3 rings (SSSR count). The standard InChI is InChI=1S/C39H56O7Si3/c1-37(2,3)47(10,11)44-32-22-20-28(21-23-32)27-16-18-29(19-17-27)34(40)43-33-25-30(35(41)45-48(12,13)38(4,5)6)24-31(26-33)36(42)46-49(14,15)39(7,8)9/h16-26H,1-15H3. The van der Waals surface area contributed by atoms with Gasteiger partial charge < -0.3 is 18.0 Å². The Labute approximate surface area is 297 Å². The minimum Gasteiger partial charge on any atom is -0.544 e. The Morgan fingerprint density at radius 3 is 1.18 bits per heavy atom. The quantitative estimate of drug-likeness (QED) is 0.123. The molecule has 3 aromatic rings. The van der Waals surface area contributed by atoms with Crippen LogP contribution < -0.4 is 9.16 Å². The van der Waals surface area contributed by atoms with Crippen LogP contribution >= 0.6 is 0 Å². The van der Waals surface area contributed by atoms with Crippen molar-refractivity contribution >= 4 is 42.9 Å². The Morgan fingerprint density at radius 2 is 0.816 bits per heavy atom. The van der Waals surface area contributed by atoms with Gasteiger partial charge in [0.2, 0.25) is 8.32 Å². The van der Waals surface area contributed by atoms with Gasteiger partial charge in [-0.2, -0.15) is 0 Å². The lowest BCUT2D eigenvalue weighted by atomic mass is 10.0. The van der Waals surface area contributed by atoms with Crippen LogP contribution in [0.5, 0.6) is 11.5 Å². The largest absolute Gasteiger partial charge is 0.544 e. The molecule has 0 saturated heterocycles. The minimum absolute atomic E-state index is 0.0539. The van der Waals surface area contributed by atoms with E-state index in [1.165, 1.54) is 18.2 Å². The molecule has 0 aliphatic heterocycles. The summed E-state index contributed by atoms with van der Waals surface area (Å²) in [4.78, 5) is 40.3. The van der Waals surface area contributed by atoms with E-state index in [9.17, 15) is 14.4 Å². The van der Waals surface area contributed by atoms with Gasteiger partial charge in [-0.3, -0.25) is 0 Å². The molecule has 10 heteroatoms. The molecule has 0 spiro atoms. The van der Waals surface area contributed by atoms with Gasteiger partial charge in [-0.25, -0.2) is 14.4 Å². The number of ether oxygens (including phenoxy) is 1. The number of hydrogen-bond acceptors (Lipinski definition) is 7. The van der Waals surface area contributed by atoms with Gasteiger partial charge in [-0.15, -0.1) is 0 Å². The molecule has 49 heavy (non-hydrogen) atoms. The number of carbonyl (C=O) groups excluding carboxylic acids is 3. The first-order valence-electron chi connectivity index (χ1n) is 16.9. The van der Waals surface area contributed by atoms with E-state index in [2.05, 4.69) is 33.9 Å². The predicted octanol–water partition coefficient (Wildman–Crippen LogP) is 11.3. The van der Waals surface area contributed by atoms with Gasteiger partial charge in [0.05, 0.1) is 16.7 Å². The summed E-state index contributed by atoms with van der Waals surface area (Å²) in [6, 6.07) is 19.4. The van der Waals surface area contributed by atoms with Crippen molar-refractivity contribution in [3.63, 3.8) is 0 Å². The van der Waals surface area contributed by atoms with Gasteiger partial charge in [-0.05, 0) is 108 Å². The van der Waals surface area contributed by atoms with Crippen LogP contribution in [0.25, 0.3) is 11.1 Å². The predicted molar refractivity (Wildman–Crippen MR) is 206 cm³/mol. The van der Waals surface area contributed by atoms with Crippen molar-refractivity contribution in [3.05, 3.63) is 83.4 Å². The molecule has 0 unspecified atom stereocenters. The fourth-order valence-corrected chi connectivity index (χ4v) is 6.72. The first kappa shape index (κ1) is 40.0. The molecule has 0 saturated carbocycles. The van der Waals surface area contributed by atoms with Crippen molar-refractivity contribution in [2.24, 2.45) is 0 Å². The zero-order valence-corrected chi connectivity index (χ0v) is 35.2. The maximum Gasteiger partial charge on any atom is 0.343 e. The molecule has 0 N–H and O–H groups in total. The molecule has 0 fully saturated rings. The molecule has 7 nitrogen and oxygen atoms in total. The summed E-state index contributed by atoms with van der Waals surface area (Å²) in [5.74, 6) is -0.869. The number of rotatable bonds is 9. The second kappa shape index (κ2) is 14.0. The Morgan fingerprint density at radius 1 is 0.449 bits per heavy atom. The lowest BCUT2D eigenvalue weighted by Crippen LogP contribution is -2.43. The van der Waals surface area contributed by atoms with Gasteiger partial charge in [-0.1, -0.05) is 86.6 Å². The molecule has 0 amide bonds. The first-order valence-corrected chi connectivity index (χ1v) is 25.6. The number of carbonyl (C=O) groups is 3. The zero-order chi connectivity index (χ0) is 37.4. The minimum atomic E-state index is -2.49. The highest BCUT2D eigenvalue weighted by Gasteiger charge is 2.42. The summed E-state index contributed by atoms with van der Waals surface area (Å²) in [7, 11) is -6.93. The van der Waals surface area contributed by atoms with Gasteiger partial charge in [0.25, 0.3) is 16.6 Å². The maximum absolute atomic E-state index is 13.5. The van der Waals surface area contributed by atoms with E-state index in [0.717, 1.165) is 16.9 Å². The monoisotopic (exact) mass is 720 g/mol. The van der Waals surface area contributed by atoms with Crippen molar-refractivity contribution < 1.29 is 32.4 Å². The average molecular weight is 721 g/mol. The highest BCUT2D eigenvalue weighted by atomic mass is 28.4. The second-order valence-electron chi connectivity index (χ2n) is 17.4. The van der Waals surface area contributed by atoms with Crippen molar-refractivity contribution in [2.75, 3.05) is 0 Å². The van der Waals surface area contributed by atoms with Gasteiger partial charge in [0, 0.05) is 0 Å². The summed E-state index contributed by atoms with van der Waals surface area (Å²) in [5, 5.41) is -0.339. The number of esters is 1. The third kappa shape index (κ3) is 9.82. The lowest BCUT2D eigenvalue weighted by molar-refractivity contribution is 0.0693. The molecule has 0 aliphatic carbocycles. The highest BCUT2D eigenvalue weighted by molar-refractivity contribution is 6.76. The SMILES string of the molecule is CC(C)(C)[Si](C)(C)OC(=O)c1cc(OC(=O)c2ccc(-c3ccc(O[Si](C)(C)C(C)(C)C)cc3)cc2)cc(C(=O)O[Si](C)(C)C(C)(C)C)c1. The van der Waals surface area contributed by atoms with E-state index in [1.54, 1.807) is 12.1 Å². The molecular weight excluding hydrogens is 665 g/mol. The summed E-state index contributed by atoms with van der Waals surface area (Å²) >= 11 is 0. The van der Waals surface area contributed by atoms with Crippen molar-refractivity contribution in [2.45, 2.75) is 117 Å². The zero-order valence-electron chi connectivity index (χ0n) is 32.2. The van der Waals surface area contributed by atoms with Crippen LogP contribution in [0.2, 0.25) is 54.4 Å². The van der Waals surface area contributed by atoms with Crippen LogP contribution in [-0.2, 0) is 8.85 Å². The van der Waals surface area contributed by atoms with Gasteiger partial charge in [0.15, 0.2) is 0 Å². The summed E-state index contributed by atoms with van der Waals surface area (Å²) in [5.41, 5.74) is 2.48. The number of hydrogen-bond donors (Lipinski definition) is 0. The lowest BCUT2D eigenvalue weighted by Gasteiger charge is -2.36. The van der Waals surface area contributed by atoms with Crippen molar-refractivity contribution in [3.8, 4) is 22.6 Å². The van der Waals surface area contributed by atoms with E-state index in [0.29, 0.717) is 5.56 Å². The van der Waals surface area contributed by atoms with Crippen molar-refractivity contribution in [1.29, 1.82) is 0 Å². The molecule has 3 aromatic carbocycles. The summed E-state index contributed by atoms with van der Waals surface area (Å²) < 4.78 is 24.2. The molecule has 0 aliphatic rings. The molecule has 266 valence electrons. The van der Waals surface area contributed by atoms with E-state index < -0.39 is 42.9 Å². The first-order chi connectivity index (χ1) is 22.1. The topological polar surface area (TPSA) is 88.1 Å². The third-order valence-corrected chi connectivity index (χ3v) is 23.4. The maximum atomic E-state index is 13.5. The molecule has 0 aromatic heterocycles. The summed E-state index contributed by atoms with van der Waals surface area (Å²) in [6.07, 6.45) is 0. The Hall–Kier alpha value is -3.48. The number of benzene rings is 3. The van der Waals surface area contributed by atoms with Crippen LogP contribution in [0.4, 0.5) is 0 Å². The molecule has 0 bridgehead atoms. The van der Waals surface area contributed by atoms with Crippen LogP contribution in [0, 0.1) is 0 Å².